The van der Waals surface area contributed by atoms with E-state index in [9.17, 15) is 14.4 Å². The number of hydrogen-bond acceptors (Lipinski definition) is 5. The standard InChI is InChI=1S/C17H11ClN2O5S/c1-20-15(22)11(14(21)19-17(20)26)7-9-3-5-13(25-9)8-2-4-12(18)10(6-8)16(23)24/h2-7H,1H3,(H,23,24)(H,19,21,26)/b11-7-. The molecule has 26 heavy (non-hydrogen) atoms. The predicted molar refractivity (Wildman–Crippen MR) is 97.6 cm³/mol. The lowest BCUT2D eigenvalue weighted by atomic mass is 10.1. The second-order valence-electron chi connectivity index (χ2n) is 5.38. The molecule has 2 N–H and O–H groups in total. The lowest BCUT2D eigenvalue weighted by molar-refractivity contribution is -0.128. The molecule has 3 rings (SSSR count). The highest BCUT2D eigenvalue weighted by molar-refractivity contribution is 7.80. The number of carboxylic acids is 1. The monoisotopic (exact) mass is 390 g/mol. The number of carbonyl (C=O) groups is 3. The first-order valence-corrected chi connectivity index (χ1v) is 8.04. The molecule has 2 amide bonds. The quantitative estimate of drug-likeness (QED) is 0.474. The number of amides is 2. The van der Waals surface area contributed by atoms with Crippen LogP contribution in [0.25, 0.3) is 17.4 Å². The van der Waals surface area contributed by atoms with Crippen LogP contribution in [0.4, 0.5) is 0 Å². The average molecular weight is 391 g/mol. The summed E-state index contributed by atoms with van der Waals surface area (Å²) in [4.78, 5) is 36.5. The minimum absolute atomic E-state index is 0.0275. The van der Waals surface area contributed by atoms with Gasteiger partial charge in [0.15, 0.2) is 5.11 Å². The van der Waals surface area contributed by atoms with Gasteiger partial charge in [0, 0.05) is 12.6 Å². The Morgan fingerprint density at radius 2 is 2.04 bits per heavy atom. The Kier molecular flexibility index (Phi) is 4.62. The number of rotatable bonds is 3. The van der Waals surface area contributed by atoms with E-state index in [1.807, 2.05) is 0 Å². The molecule has 132 valence electrons. The van der Waals surface area contributed by atoms with Crippen molar-refractivity contribution in [2.45, 2.75) is 0 Å². The van der Waals surface area contributed by atoms with E-state index in [1.165, 1.54) is 25.3 Å². The summed E-state index contributed by atoms with van der Waals surface area (Å²) in [6.07, 6.45) is 1.30. The van der Waals surface area contributed by atoms with Crippen LogP contribution < -0.4 is 5.32 Å². The number of carbonyl (C=O) groups excluding carboxylic acids is 2. The van der Waals surface area contributed by atoms with Crippen LogP contribution in [0.3, 0.4) is 0 Å². The number of nitrogens with one attached hydrogen (secondary N) is 1. The zero-order valence-corrected chi connectivity index (χ0v) is 14.9. The number of hydrogen-bond donors (Lipinski definition) is 2. The third-order valence-corrected chi connectivity index (χ3v) is 4.40. The van der Waals surface area contributed by atoms with Crippen LogP contribution in [-0.2, 0) is 9.59 Å². The second kappa shape index (κ2) is 6.74. The first-order valence-electron chi connectivity index (χ1n) is 7.26. The van der Waals surface area contributed by atoms with Gasteiger partial charge in [-0.25, -0.2) is 4.79 Å². The van der Waals surface area contributed by atoms with Crippen molar-refractivity contribution in [1.82, 2.24) is 10.2 Å². The van der Waals surface area contributed by atoms with Crippen LogP contribution in [0.2, 0.25) is 5.02 Å². The largest absolute Gasteiger partial charge is 0.478 e. The third-order valence-electron chi connectivity index (χ3n) is 3.70. The fraction of sp³-hybridized carbons (Fsp3) is 0.0588. The smallest absolute Gasteiger partial charge is 0.337 e. The number of carboxylic acid groups (broad SMARTS) is 1. The molecule has 2 heterocycles. The first-order chi connectivity index (χ1) is 12.3. The maximum Gasteiger partial charge on any atom is 0.337 e. The van der Waals surface area contributed by atoms with Crippen molar-refractivity contribution in [3.63, 3.8) is 0 Å². The zero-order chi connectivity index (χ0) is 19.0. The Labute approximate surface area is 157 Å². The lowest BCUT2D eigenvalue weighted by Crippen LogP contribution is -2.52. The number of aromatic carboxylic acids is 1. The Morgan fingerprint density at radius 1 is 1.31 bits per heavy atom. The number of thiocarbonyl (C=S) groups is 1. The van der Waals surface area contributed by atoms with Gasteiger partial charge in [0.25, 0.3) is 11.8 Å². The number of halogens is 1. The number of benzene rings is 1. The Balaban J connectivity index is 1.95. The van der Waals surface area contributed by atoms with Crippen LogP contribution in [0, 0.1) is 0 Å². The summed E-state index contributed by atoms with van der Waals surface area (Å²) in [5.74, 6) is -1.70. The van der Waals surface area contributed by atoms with Gasteiger partial charge in [-0.2, -0.15) is 0 Å². The average Bonchev–Trinajstić information content (AvgIpc) is 3.05. The Morgan fingerprint density at radius 3 is 2.73 bits per heavy atom. The van der Waals surface area contributed by atoms with Gasteiger partial charge in [-0.15, -0.1) is 0 Å². The molecule has 1 fully saturated rings. The van der Waals surface area contributed by atoms with E-state index in [2.05, 4.69) is 5.32 Å². The minimum atomic E-state index is -1.16. The number of likely N-dealkylation sites (N-methyl/N-ethyl adjacent to an activating group) is 1. The van der Waals surface area contributed by atoms with Crippen molar-refractivity contribution in [2.24, 2.45) is 0 Å². The summed E-state index contributed by atoms with van der Waals surface area (Å²) >= 11 is 10.7. The van der Waals surface area contributed by atoms with Crippen molar-refractivity contribution in [1.29, 1.82) is 0 Å². The van der Waals surface area contributed by atoms with E-state index in [4.69, 9.17) is 33.3 Å². The molecule has 0 saturated carbocycles. The van der Waals surface area contributed by atoms with E-state index >= 15 is 0 Å². The van der Waals surface area contributed by atoms with Crippen molar-refractivity contribution < 1.29 is 23.9 Å². The van der Waals surface area contributed by atoms with E-state index in [-0.39, 0.29) is 27.0 Å². The van der Waals surface area contributed by atoms with Gasteiger partial charge in [0.05, 0.1) is 10.6 Å². The van der Waals surface area contributed by atoms with Gasteiger partial charge in [0.2, 0.25) is 0 Å². The molecule has 0 atom stereocenters. The SMILES string of the molecule is CN1C(=O)/C(=C\c2ccc(-c3ccc(Cl)c(C(=O)O)c3)o2)C(=O)NC1=S. The second-order valence-corrected chi connectivity index (χ2v) is 6.18. The lowest BCUT2D eigenvalue weighted by Gasteiger charge is -2.24. The first kappa shape index (κ1) is 17.8. The molecule has 0 spiro atoms. The summed E-state index contributed by atoms with van der Waals surface area (Å²) in [6.45, 7) is 0. The van der Waals surface area contributed by atoms with Crippen LogP contribution in [0.1, 0.15) is 16.1 Å². The highest BCUT2D eigenvalue weighted by atomic mass is 35.5. The molecule has 7 nitrogen and oxygen atoms in total. The van der Waals surface area contributed by atoms with Gasteiger partial charge in [0.1, 0.15) is 17.1 Å². The van der Waals surface area contributed by atoms with Gasteiger partial charge in [-0.3, -0.25) is 19.8 Å². The molecule has 0 aliphatic carbocycles. The fourth-order valence-electron chi connectivity index (χ4n) is 2.32. The molecule has 0 radical (unpaired) electrons. The van der Waals surface area contributed by atoms with Gasteiger partial charge in [-0.05, 0) is 48.6 Å². The van der Waals surface area contributed by atoms with E-state index in [1.54, 1.807) is 18.2 Å². The van der Waals surface area contributed by atoms with E-state index < -0.39 is 17.8 Å². The topological polar surface area (TPSA) is 99.8 Å². The highest BCUT2D eigenvalue weighted by Gasteiger charge is 2.31. The molecular weight excluding hydrogens is 380 g/mol. The molecule has 1 aliphatic heterocycles. The number of furan rings is 1. The van der Waals surface area contributed by atoms with E-state index in [0.717, 1.165) is 4.90 Å². The maximum atomic E-state index is 12.2. The summed E-state index contributed by atoms with van der Waals surface area (Å²) in [5.41, 5.74) is 0.316. The normalized spacial score (nSPS) is 16.2. The Hall–Kier alpha value is -2.97. The van der Waals surface area contributed by atoms with Crippen LogP contribution in [0.15, 0.2) is 40.3 Å². The summed E-state index contributed by atoms with van der Waals surface area (Å²) in [6, 6.07) is 7.60. The highest BCUT2D eigenvalue weighted by Crippen LogP contribution is 2.28. The molecule has 1 aromatic carbocycles. The van der Waals surface area contributed by atoms with E-state index in [0.29, 0.717) is 11.3 Å². The van der Waals surface area contributed by atoms with Crippen molar-refractivity contribution >= 4 is 52.8 Å². The molecule has 1 aliphatic rings. The molecule has 1 saturated heterocycles. The van der Waals surface area contributed by atoms with Gasteiger partial charge < -0.3 is 9.52 Å². The van der Waals surface area contributed by atoms with Crippen LogP contribution in [0.5, 0.6) is 0 Å². The molecule has 2 aromatic rings. The van der Waals surface area contributed by atoms with Crippen LogP contribution >= 0.6 is 23.8 Å². The fourth-order valence-corrected chi connectivity index (χ4v) is 2.69. The van der Waals surface area contributed by atoms with Gasteiger partial charge in [-0.1, -0.05) is 11.6 Å². The van der Waals surface area contributed by atoms with Gasteiger partial charge >= 0.3 is 5.97 Å². The molecule has 0 bridgehead atoms. The summed E-state index contributed by atoms with van der Waals surface area (Å²) in [5, 5.41) is 11.7. The van der Waals surface area contributed by atoms with Crippen molar-refractivity contribution in [3.05, 3.63) is 52.3 Å². The molecule has 9 heteroatoms. The molecular formula is C17H11ClN2O5S. The summed E-state index contributed by atoms with van der Waals surface area (Å²) in [7, 11) is 1.45. The maximum absolute atomic E-state index is 12.2. The minimum Gasteiger partial charge on any atom is -0.478 e. The zero-order valence-electron chi connectivity index (χ0n) is 13.3. The van der Waals surface area contributed by atoms with Crippen molar-refractivity contribution in [2.75, 3.05) is 7.05 Å². The predicted octanol–water partition coefficient (Wildman–Crippen LogP) is 2.55. The molecule has 0 unspecified atom stereocenters. The Bertz CT molecular complexity index is 995. The number of nitrogens with zero attached hydrogens (tertiary/aromatic N) is 1. The van der Waals surface area contributed by atoms with Crippen LogP contribution in [-0.4, -0.2) is 40.0 Å². The third kappa shape index (κ3) is 3.24. The molecule has 1 aromatic heterocycles. The van der Waals surface area contributed by atoms with Crippen molar-refractivity contribution in [3.8, 4) is 11.3 Å². The summed E-state index contributed by atoms with van der Waals surface area (Å²) < 4.78 is 5.61.